The zero-order valence-electron chi connectivity index (χ0n) is 14.7. The number of halogens is 2. The Morgan fingerprint density at radius 2 is 1.92 bits per heavy atom. The summed E-state index contributed by atoms with van der Waals surface area (Å²) in [4.78, 5) is 2.44. The summed E-state index contributed by atoms with van der Waals surface area (Å²) in [5, 5.41) is 11.7. The van der Waals surface area contributed by atoms with Gasteiger partial charge in [0.25, 0.3) is 0 Å². The number of fused-ring (bicyclic) bond motifs is 2. The molecule has 2 aliphatic rings. The first-order valence-electron chi connectivity index (χ1n) is 9.26. The third-order valence-electron chi connectivity index (χ3n) is 5.63. The van der Waals surface area contributed by atoms with E-state index in [9.17, 15) is 5.11 Å². The largest absolute Gasteiger partial charge is 0.394 e. The maximum absolute atomic E-state index is 10.1. The van der Waals surface area contributed by atoms with Crippen molar-refractivity contribution < 1.29 is 5.11 Å². The number of aryl methyl sites for hydroxylation is 1. The summed E-state index contributed by atoms with van der Waals surface area (Å²) in [7, 11) is 0. The van der Waals surface area contributed by atoms with Gasteiger partial charge in [0.1, 0.15) is 0 Å². The van der Waals surface area contributed by atoms with E-state index in [1.54, 1.807) is 0 Å². The quantitative estimate of drug-likeness (QED) is 0.779. The molecule has 4 heteroatoms. The summed E-state index contributed by atoms with van der Waals surface area (Å²) in [5.41, 5.74) is 6.72. The zero-order valence-corrected chi connectivity index (χ0v) is 16.2. The maximum atomic E-state index is 10.1. The van der Waals surface area contributed by atoms with Crippen molar-refractivity contribution in [2.45, 2.75) is 31.7 Å². The Hall–Kier alpha value is -1.32. The topological polar surface area (TPSA) is 23.5 Å². The molecule has 26 heavy (non-hydrogen) atoms. The van der Waals surface area contributed by atoms with Crippen LogP contribution in [-0.2, 0) is 12.8 Å². The molecule has 1 unspecified atom stereocenters. The van der Waals surface area contributed by atoms with Crippen molar-refractivity contribution in [2.75, 3.05) is 19.7 Å². The van der Waals surface area contributed by atoms with E-state index in [0.29, 0.717) is 0 Å². The molecule has 0 amide bonds. The lowest BCUT2D eigenvalue weighted by Gasteiger charge is -2.36. The van der Waals surface area contributed by atoms with E-state index in [1.807, 2.05) is 24.3 Å². The van der Waals surface area contributed by atoms with E-state index in [-0.39, 0.29) is 12.6 Å². The lowest BCUT2D eigenvalue weighted by atomic mass is 9.93. The van der Waals surface area contributed by atoms with Crippen LogP contribution in [0, 0.1) is 0 Å². The van der Waals surface area contributed by atoms with Gasteiger partial charge in [-0.25, -0.2) is 0 Å². The fourth-order valence-electron chi connectivity index (χ4n) is 4.39. The zero-order chi connectivity index (χ0) is 18.1. The molecule has 1 atom stereocenters. The molecule has 1 aliphatic heterocycles. The summed E-state index contributed by atoms with van der Waals surface area (Å²) in [6, 6.07) is 14.4. The van der Waals surface area contributed by atoms with Crippen molar-refractivity contribution in [3.8, 4) is 0 Å². The van der Waals surface area contributed by atoms with Crippen LogP contribution >= 0.6 is 23.2 Å². The van der Waals surface area contributed by atoms with Crippen LogP contribution in [0.5, 0.6) is 0 Å². The highest BCUT2D eigenvalue weighted by Crippen LogP contribution is 2.41. The van der Waals surface area contributed by atoms with Crippen LogP contribution in [-0.4, -0.2) is 35.7 Å². The molecule has 0 fully saturated rings. The Bertz CT molecular complexity index is 846. The van der Waals surface area contributed by atoms with Crippen LogP contribution in [0.1, 0.15) is 29.5 Å². The second kappa shape index (κ2) is 7.74. The van der Waals surface area contributed by atoms with Gasteiger partial charge in [0, 0.05) is 16.6 Å². The molecular weight excluding hydrogens is 365 g/mol. The van der Waals surface area contributed by atoms with Crippen LogP contribution in [0.15, 0.2) is 48.0 Å². The van der Waals surface area contributed by atoms with Gasteiger partial charge in [0.05, 0.1) is 12.6 Å². The molecule has 0 spiro atoms. The van der Waals surface area contributed by atoms with Crippen LogP contribution < -0.4 is 0 Å². The van der Waals surface area contributed by atoms with Crippen LogP contribution in [0.3, 0.4) is 0 Å². The van der Waals surface area contributed by atoms with Crippen LogP contribution in [0.2, 0.25) is 10.0 Å². The number of nitrogens with zero attached hydrogens (tertiary/aromatic N) is 1. The first kappa shape index (κ1) is 18.1. The van der Waals surface area contributed by atoms with E-state index in [1.165, 1.54) is 27.8 Å². The van der Waals surface area contributed by atoms with E-state index in [2.05, 4.69) is 23.1 Å². The summed E-state index contributed by atoms with van der Waals surface area (Å²) in [5.74, 6) is 0. The molecule has 4 rings (SSSR count). The van der Waals surface area contributed by atoms with Gasteiger partial charge in [-0.05, 0) is 84.3 Å². The highest BCUT2D eigenvalue weighted by Gasteiger charge is 2.33. The SMILES string of the molecule is OCC1C2=C(CCN1CCCc1cccc(Cl)c1)c1cc(Cl)ccc1C2. The Morgan fingerprint density at radius 1 is 1.08 bits per heavy atom. The van der Waals surface area contributed by atoms with Crippen molar-refractivity contribution in [2.24, 2.45) is 0 Å². The van der Waals surface area contributed by atoms with Gasteiger partial charge in [-0.15, -0.1) is 0 Å². The maximum Gasteiger partial charge on any atom is 0.0625 e. The molecule has 0 bridgehead atoms. The lowest BCUT2D eigenvalue weighted by Crippen LogP contribution is -2.43. The summed E-state index contributed by atoms with van der Waals surface area (Å²) in [6.45, 7) is 2.16. The molecule has 2 aromatic carbocycles. The normalized spacial score (nSPS) is 19.6. The Kier molecular flexibility index (Phi) is 5.37. The molecular formula is C22H23Cl2NO. The molecule has 0 saturated carbocycles. The summed E-state index contributed by atoms with van der Waals surface area (Å²) < 4.78 is 0. The standard InChI is InChI=1S/C22H23Cl2NO/c23-17-5-1-3-15(11-17)4-2-9-25-10-8-19-20-13-18(24)7-6-16(20)12-21(19)22(25)14-26/h1,3,5-7,11,13,22,26H,2,4,8-10,12,14H2. The van der Waals surface area contributed by atoms with E-state index >= 15 is 0 Å². The average molecular weight is 388 g/mol. The smallest absolute Gasteiger partial charge is 0.0625 e. The molecule has 1 aliphatic carbocycles. The lowest BCUT2D eigenvalue weighted by molar-refractivity contribution is 0.139. The minimum Gasteiger partial charge on any atom is -0.394 e. The molecule has 2 nitrogen and oxygen atoms in total. The summed E-state index contributed by atoms with van der Waals surface area (Å²) in [6.07, 6.45) is 4.06. The second-order valence-corrected chi connectivity index (χ2v) is 8.07. The molecule has 1 N–H and O–H groups in total. The van der Waals surface area contributed by atoms with Crippen molar-refractivity contribution in [3.63, 3.8) is 0 Å². The number of aliphatic hydroxyl groups excluding tert-OH is 1. The van der Waals surface area contributed by atoms with Crippen LogP contribution in [0.4, 0.5) is 0 Å². The van der Waals surface area contributed by atoms with E-state index in [0.717, 1.165) is 48.8 Å². The first-order valence-corrected chi connectivity index (χ1v) is 10.0. The second-order valence-electron chi connectivity index (χ2n) is 7.20. The van der Waals surface area contributed by atoms with Crippen LogP contribution in [0.25, 0.3) is 5.57 Å². The van der Waals surface area contributed by atoms with Gasteiger partial charge >= 0.3 is 0 Å². The highest BCUT2D eigenvalue weighted by molar-refractivity contribution is 6.31. The van der Waals surface area contributed by atoms with Crippen molar-refractivity contribution in [1.82, 2.24) is 4.90 Å². The van der Waals surface area contributed by atoms with Crippen molar-refractivity contribution in [3.05, 3.63) is 74.8 Å². The molecule has 136 valence electrons. The van der Waals surface area contributed by atoms with E-state index in [4.69, 9.17) is 23.2 Å². The molecule has 0 radical (unpaired) electrons. The van der Waals surface area contributed by atoms with Gasteiger partial charge in [-0.3, -0.25) is 4.90 Å². The average Bonchev–Trinajstić information content (AvgIpc) is 2.99. The predicted octanol–water partition coefficient (Wildman–Crippen LogP) is 5.00. The fraction of sp³-hybridized carbons (Fsp3) is 0.364. The number of rotatable bonds is 5. The van der Waals surface area contributed by atoms with Gasteiger partial charge in [0.2, 0.25) is 0 Å². The molecule has 1 heterocycles. The van der Waals surface area contributed by atoms with Crippen molar-refractivity contribution >= 4 is 28.8 Å². The number of aliphatic hydroxyl groups is 1. The minimum atomic E-state index is 0.129. The van der Waals surface area contributed by atoms with E-state index < -0.39 is 0 Å². The van der Waals surface area contributed by atoms with Gasteiger partial charge in [0.15, 0.2) is 0 Å². The first-order chi connectivity index (χ1) is 12.7. The molecule has 0 saturated heterocycles. The highest BCUT2D eigenvalue weighted by atomic mass is 35.5. The number of benzene rings is 2. The summed E-state index contributed by atoms with van der Waals surface area (Å²) >= 11 is 12.3. The Balaban J connectivity index is 1.45. The molecule has 0 aromatic heterocycles. The minimum absolute atomic E-state index is 0.129. The monoisotopic (exact) mass is 387 g/mol. The fourth-order valence-corrected chi connectivity index (χ4v) is 4.77. The molecule has 2 aromatic rings. The number of hydrogen-bond acceptors (Lipinski definition) is 2. The van der Waals surface area contributed by atoms with Gasteiger partial charge in [-0.1, -0.05) is 41.4 Å². The van der Waals surface area contributed by atoms with Crippen molar-refractivity contribution in [1.29, 1.82) is 0 Å². The van der Waals surface area contributed by atoms with Gasteiger partial charge in [-0.2, -0.15) is 0 Å². The number of hydrogen-bond donors (Lipinski definition) is 1. The third-order valence-corrected chi connectivity index (χ3v) is 6.10. The van der Waals surface area contributed by atoms with Gasteiger partial charge < -0.3 is 5.11 Å². The third kappa shape index (κ3) is 3.57. The predicted molar refractivity (Wildman–Crippen MR) is 109 cm³/mol. The Labute approximate surface area is 165 Å². The Morgan fingerprint density at radius 3 is 2.73 bits per heavy atom.